The zero-order valence-corrected chi connectivity index (χ0v) is 20.5. The fraction of sp³-hybridized carbons (Fsp3) is 0.407. The molecule has 1 unspecified atom stereocenters. The Morgan fingerprint density at radius 2 is 1.82 bits per heavy atom. The van der Waals surface area contributed by atoms with Crippen LogP contribution >= 0.6 is 0 Å². The number of ether oxygens (including phenoxy) is 2. The molecule has 0 saturated carbocycles. The number of hydrogen-bond acceptors (Lipinski definition) is 6. The Morgan fingerprint density at radius 3 is 2.50 bits per heavy atom. The summed E-state index contributed by atoms with van der Waals surface area (Å²) in [5.41, 5.74) is 1.35. The van der Waals surface area contributed by atoms with Crippen molar-refractivity contribution in [1.82, 2.24) is 9.80 Å². The summed E-state index contributed by atoms with van der Waals surface area (Å²) in [6.07, 6.45) is 0.00973. The third-order valence-electron chi connectivity index (χ3n) is 6.27. The van der Waals surface area contributed by atoms with E-state index in [1.807, 2.05) is 38.1 Å². The number of carbonyl (C=O) groups excluding carboxylic acids is 1. The predicted octanol–water partition coefficient (Wildman–Crippen LogP) is 4.48. The SMILES string of the molecule is CCN(CC)CCN1C(=O)c2oc3cc(OC)ccc3c(=O)c2C1c1cccc(OC(C)C)c1. The molecule has 2 aromatic carbocycles. The smallest absolute Gasteiger partial charge is 0.290 e. The third kappa shape index (κ3) is 4.40. The predicted molar refractivity (Wildman–Crippen MR) is 132 cm³/mol. The summed E-state index contributed by atoms with van der Waals surface area (Å²) in [4.78, 5) is 31.3. The number of amides is 1. The van der Waals surface area contributed by atoms with Gasteiger partial charge in [-0.3, -0.25) is 9.59 Å². The lowest BCUT2D eigenvalue weighted by molar-refractivity contribution is 0.0707. The number of nitrogens with zero attached hydrogens (tertiary/aromatic N) is 2. The molecule has 1 aliphatic heterocycles. The summed E-state index contributed by atoms with van der Waals surface area (Å²) in [5, 5.41) is 0.428. The van der Waals surface area contributed by atoms with Crippen LogP contribution in [0.2, 0.25) is 0 Å². The molecule has 0 N–H and O–H groups in total. The molecule has 1 aliphatic rings. The van der Waals surface area contributed by atoms with Gasteiger partial charge in [-0.15, -0.1) is 0 Å². The van der Waals surface area contributed by atoms with Gasteiger partial charge in [0.2, 0.25) is 5.76 Å². The van der Waals surface area contributed by atoms with Crippen molar-refractivity contribution in [2.75, 3.05) is 33.3 Å². The summed E-state index contributed by atoms with van der Waals surface area (Å²) < 4.78 is 17.2. The zero-order valence-electron chi connectivity index (χ0n) is 20.5. The van der Waals surface area contributed by atoms with E-state index < -0.39 is 6.04 Å². The molecule has 7 heteroatoms. The number of rotatable bonds is 9. The lowest BCUT2D eigenvalue weighted by Crippen LogP contribution is -2.37. The number of fused-ring (bicyclic) bond motifs is 2. The van der Waals surface area contributed by atoms with Crippen molar-refractivity contribution < 1.29 is 18.7 Å². The first-order valence-electron chi connectivity index (χ1n) is 11.8. The highest BCUT2D eigenvalue weighted by molar-refractivity contribution is 5.99. The topological polar surface area (TPSA) is 72.2 Å². The fourth-order valence-electron chi connectivity index (χ4n) is 4.52. The first-order valence-corrected chi connectivity index (χ1v) is 11.8. The van der Waals surface area contributed by atoms with Crippen LogP contribution in [0.4, 0.5) is 0 Å². The molecular weight excluding hydrogens is 432 g/mol. The molecule has 0 saturated heterocycles. The van der Waals surface area contributed by atoms with Crippen molar-refractivity contribution in [2.45, 2.75) is 39.8 Å². The highest BCUT2D eigenvalue weighted by Crippen LogP contribution is 2.39. The second kappa shape index (κ2) is 9.89. The Balaban J connectivity index is 1.86. The molecule has 0 radical (unpaired) electrons. The molecular formula is C27H32N2O5. The first-order chi connectivity index (χ1) is 16.4. The molecule has 0 spiro atoms. The minimum absolute atomic E-state index is 0.00973. The number of carbonyl (C=O) groups is 1. The maximum Gasteiger partial charge on any atom is 0.290 e. The number of hydrogen-bond donors (Lipinski definition) is 0. The summed E-state index contributed by atoms with van der Waals surface area (Å²) in [7, 11) is 1.55. The molecule has 2 heterocycles. The minimum Gasteiger partial charge on any atom is -0.497 e. The van der Waals surface area contributed by atoms with Crippen LogP contribution in [0.1, 0.15) is 55.4 Å². The highest BCUT2D eigenvalue weighted by atomic mass is 16.5. The van der Waals surface area contributed by atoms with Crippen LogP contribution in [0.25, 0.3) is 11.0 Å². The zero-order chi connectivity index (χ0) is 24.4. The molecule has 1 aromatic heterocycles. The molecule has 180 valence electrons. The molecule has 1 amide bonds. The van der Waals surface area contributed by atoms with Crippen LogP contribution in [0, 0.1) is 0 Å². The molecule has 7 nitrogen and oxygen atoms in total. The van der Waals surface area contributed by atoms with E-state index in [2.05, 4.69) is 18.7 Å². The quantitative estimate of drug-likeness (QED) is 0.465. The largest absolute Gasteiger partial charge is 0.497 e. The van der Waals surface area contributed by atoms with E-state index in [1.54, 1.807) is 30.2 Å². The van der Waals surface area contributed by atoms with Crippen LogP contribution in [0.3, 0.4) is 0 Å². The van der Waals surface area contributed by atoms with Gasteiger partial charge in [0.25, 0.3) is 5.91 Å². The maximum atomic E-state index is 13.7. The third-order valence-corrected chi connectivity index (χ3v) is 6.27. The molecule has 1 atom stereocenters. The Hall–Kier alpha value is -3.32. The van der Waals surface area contributed by atoms with Crippen LogP contribution in [0.15, 0.2) is 51.7 Å². The first kappa shape index (κ1) is 23.8. The van der Waals surface area contributed by atoms with Crippen molar-refractivity contribution in [2.24, 2.45) is 0 Å². The van der Waals surface area contributed by atoms with Gasteiger partial charge in [0, 0.05) is 19.2 Å². The van der Waals surface area contributed by atoms with Gasteiger partial charge >= 0.3 is 0 Å². The van der Waals surface area contributed by atoms with Gasteiger partial charge < -0.3 is 23.7 Å². The van der Waals surface area contributed by atoms with Gasteiger partial charge in [0.15, 0.2) is 5.43 Å². The van der Waals surface area contributed by atoms with Crippen molar-refractivity contribution >= 4 is 16.9 Å². The summed E-state index contributed by atoms with van der Waals surface area (Å²) in [5.74, 6) is 1.09. The summed E-state index contributed by atoms with van der Waals surface area (Å²) in [6, 6.07) is 12.1. The Morgan fingerprint density at radius 1 is 1.06 bits per heavy atom. The summed E-state index contributed by atoms with van der Waals surface area (Å²) >= 11 is 0. The monoisotopic (exact) mass is 464 g/mol. The van der Waals surface area contributed by atoms with E-state index >= 15 is 0 Å². The normalized spacial score (nSPS) is 15.4. The second-order valence-electron chi connectivity index (χ2n) is 8.70. The van der Waals surface area contributed by atoms with Gasteiger partial charge in [-0.25, -0.2) is 0 Å². The van der Waals surface area contributed by atoms with E-state index in [0.717, 1.165) is 18.7 Å². The van der Waals surface area contributed by atoms with E-state index in [9.17, 15) is 9.59 Å². The molecule has 0 fully saturated rings. The van der Waals surface area contributed by atoms with Gasteiger partial charge in [0.05, 0.1) is 30.2 Å². The highest BCUT2D eigenvalue weighted by Gasteiger charge is 2.42. The van der Waals surface area contributed by atoms with E-state index in [1.165, 1.54) is 0 Å². The average Bonchev–Trinajstić information content (AvgIpc) is 3.11. The van der Waals surface area contributed by atoms with Gasteiger partial charge in [-0.2, -0.15) is 0 Å². The average molecular weight is 465 g/mol. The van der Waals surface area contributed by atoms with Crippen LogP contribution in [0.5, 0.6) is 11.5 Å². The van der Waals surface area contributed by atoms with E-state index in [0.29, 0.717) is 41.1 Å². The lowest BCUT2D eigenvalue weighted by atomic mass is 9.98. The molecule has 3 aromatic rings. The van der Waals surface area contributed by atoms with Gasteiger partial charge in [-0.1, -0.05) is 26.0 Å². The van der Waals surface area contributed by atoms with Crippen LogP contribution < -0.4 is 14.9 Å². The van der Waals surface area contributed by atoms with Gasteiger partial charge in [0.1, 0.15) is 17.1 Å². The summed E-state index contributed by atoms with van der Waals surface area (Å²) in [6.45, 7) is 11.1. The second-order valence-corrected chi connectivity index (χ2v) is 8.70. The molecule has 0 bridgehead atoms. The number of benzene rings is 2. The van der Waals surface area contributed by atoms with E-state index in [4.69, 9.17) is 13.9 Å². The lowest BCUT2D eigenvalue weighted by Gasteiger charge is -2.28. The Labute approximate surface area is 199 Å². The van der Waals surface area contributed by atoms with E-state index in [-0.39, 0.29) is 23.2 Å². The van der Waals surface area contributed by atoms with Crippen molar-refractivity contribution in [3.63, 3.8) is 0 Å². The fourth-order valence-corrected chi connectivity index (χ4v) is 4.52. The minimum atomic E-state index is -0.545. The Bertz CT molecular complexity index is 1250. The van der Waals surface area contributed by atoms with Crippen LogP contribution in [-0.4, -0.2) is 55.1 Å². The number of methoxy groups -OCH3 is 1. The van der Waals surface area contributed by atoms with Crippen molar-refractivity contribution in [3.8, 4) is 11.5 Å². The molecule has 4 rings (SSSR count). The number of likely N-dealkylation sites (N-methyl/N-ethyl adjacent to an activating group) is 1. The standard InChI is InChI=1S/C27H32N2O5/c1-6-28(7-2)13-14-29-24(18-9-8-10-20(15-18)33-17(3)4)23-25(30)21-12-11-19(32-5)16-22(21)34-26(23)27(29)31/h8-12,15-17,24H,6-7,13-14H2,1-5H3. The van der Waals surface area contributed by atoms with Crippen molar-refractivity contribution in [3.05, 3.63) is 69.6 Å². The van der Waals surface area contributed by atoms with Crippen LogP contribution in [-0.2, 0) is 0 Å². The molecule has 0 aliphatic carbocycles. The molecule has 34 heavy (non-hydrogen) atoms. The maximum absolute atomic E-state index is 13.7. The van der Waals surface area contributed by atoms with Gasteiger partial charge in [-0.05, 0) is 56.8 Å². The van der Waals surface area contributed by atoms with Crippen molar-refractivity contribution in [1.29, 1.82) is 0 Å². The Kier molecular flexibility index (Phi) is 6.93.